The number of carboxylic acids is 1. The van der Waals surface area contributed by atoms with Gasteiger partial charge in [-0.15, -0.1) is 0 Å². The maximum absolute atomic E-state index is 12.9. The van der Waals surface area contributed by atoms with Crippen molar-refractivity contribution < 1.29 is 24.2 Å². The highest BCUT2D eigenvalue weighted by molar-refractivity contribution is 5.80. The summed E-state index contributed by atoms with van der Waals surface area (Å²) >= 11 is 0. The molecule has 0 aromatic heterocycles. The Balaban J connectivity index is 1.36. The number of benzene rings is 2. The molecule has 2 aliphatic carbocycles. The zero-order chi connectivity index (χ0) is 25.0. The quantitative estimate of drug-likeness (QED) is 0.434. The van der Waals surface area contributed by atoms with E-state index in [0.29, 0.717) is 6.42 Å². The number of hydrogen-bond donors (Lipinski definition) is 3. The molecule has 186 valence electrons. The predicted molar refractivity (Wildman–Crippen MR) is 133 cm³/mol. The Labute approximate surface area is 206 Å². The molecule has 2 unspecified atom stereocenters. The SMILES string of the molecule is CCCC(CNC(=O)CC(C)(NC(=O)OCC1c2ccccc2-c2ccccc21)C1CC1)C(=O)O. The lowest BCUT2D eigenvalue weighted by Crippen LogP contribution is -2.51. The van der Waals surface area contributed by atoms with E-state index >= 15 is 0 Å². The van der Waals surface area contributed by atoms with Crippen molar-refractivity contribution in [2.75, 3.05) is 13.2 Å². The Morgan fingerprint density at radius 2 is 1.66 bits per heavy atom. The number of carbonyl (C=O) groups is 3. The van der Waals surface area contributed by atoms with Gasteiger partial charge in [0.25, 0.3) is 0 Å². The fraction of sp³-hybridized carbons (Fsp3) is 0.464. The molecular weight excluding hydrogens is 444 g/mol. The zero-order valence-electron chi connectivity index (χ0n) is 20.4. The molecule has 1 saturated carbocycles. The lowest BCUT2D eigenvalue weighted by atomic mass is 9.91. The van der Waals surface area contributed by atoms with Gasteiger partial charge in [0.15, 0.2) is 0 Å². The van der Waals surface area contributed by atoms with Crippen LogP contribution in [0.4, 0.5) is 4.79 Å². The first-order valence-corrected chi connectivity index (χ1v) is 12.4. The molecule has 1 fully saturated rings. The molecule has 7 nitrogen and oxygen atoms in total. The molecule has 2 amide bonds. The monoisotopic (exact) mass is 478 g/mol. The number of nitrogens with one attached hydrogen (secondary N) is 2. The van der Waals surface area contributed by atoms with Gasteiger partial charge in [-0.05, 0) is 54.4 Å². The van der Waals surface area contributed by atoms with Crippen molar-refractivity contribution in [3.63, 3.8) is 0 Å². The first-order valence-electron chi connectivity index (χ1n) is 12.4. The third-order valence-corrected chi connectivity index (χ3v) is 7.27. The summed E-state index contributed by atoms with van der Waals surface area (Å²) in [5, 5.41) is 15.0. The van der Waals surface area contributed by atoms with Gasteiger partial charge in [0, 0.05) is 18.9 Å². The third kappa shape index (κ3) is 5.66. The predicted octanol–water partition coefficient (Wildman–Crippen LogP) is 4.70. The minimum atomic E-state index is -0.908. The number of aliphatic carboxylic acids is 1. The van der Waals surface area contributed by atoms with Crippen LogP contribution in [0.5, 0.6) is 0 Å². The molecule has 7 heteroatoms. The highest BCUT2D eigenvalue weighted by atomic mass is 16.5. The standard InChI is InChI=1S/C28H34N2O5/c1-3-8-18(26(32)33)16-29-25(31)15-28(2,19-13-14-19)30-27(34)35-17-24-22-11-6-4-9-20(22)21-10-5-7-12-23(21)24/h4-7,9-12,18-19,24H,3,8,13-17H2,1-2H3,(H,29,31)(H,30,34)(H,32,33). The zero-order valence-corrected chi connectivity index (χ0v) is 20.4. The van der Waals surface area contributed by atoms with E-state index in [0.717, 1.165) is 30.4 Å². The number of carbonyl (C=O) groups excluding carboxylic acids is 2. The van der Waals surface area contributed by atoms with E-state index in [2.05, 4.69) is 34.9 Å². The first kappa shape index (κ1) is 24.8. The van der Waals surface area contributed by atoms with E-state index in [1.54, 1.807) is 0 Å². The van der Waals surface area contributed by atoms with Crippen molar-refractivity contribution in [1.29, 1.82) is 0 Å². The molecule has 4 rings (SSSR count). The molecule has 0 aliphatic heterocycles. The second-order valence-corrected chi connectivity index (χ2v) is 9.95. The Kier molecular flexibility index (Phi) is 7.43. The van der Waals surface area contributed by atoms with Crippen molar-refractivity contribution in [3.8, 4) is 11.1 Å². The lowest BCUT2D eigenvalue weighted by Gasteiger charge is -2.30. The first-order chi connectivity index (χ1) is 16.8. The van der Waals surface area contributed by atoms with Gasteiger partial charge < -0.3 is 20.5 Å². The molecule has 0 radical (unpaired) electrons. The van der Waals surface area contributed by atoms with Gasteiger partial charge >= 0.3 is 12.1 Å². The van der Waals surface area contributed by atoms with Gasteiger partial charge in [-0.25, -0.2) is 4.79 Å². The highest BCUT2D eigenvalue weighted by Crippen LogP contribution is 2.45. The number of rotatable bonds is 11. The number of carboxylic acid groups (broad SMARTS) is 1. The average molecular weight is 479 g/mol. The molecule has 0 saturated heterocycles. The number of fused-ring (bicyclic) bond motifs is 3. The summed E-state index contributed by atoms with van der Waals surface area (Å²) in [4.78, 5) is 36.9. The van der Waals surface area contributed by atoms with Crippen LogP contribution >= 0.6 is 0 Å². The van der Waals surface area contributed by atoms with Crippen molar-refractivity contribution in [2.24, 2.45) is 11.8 Å². The Morgan fingerprint density at radius 1 is 1.06 bits per heavy atom. The second kappa shape index (κ2) is 10.5. The fourth-order valence-electron chi connectivity index (χ4n) is 5.17. The van der Waals surface area contributed by atoms with Gasteiger partial charge in [-0.2, -0.15) is 0 Å². The smallest absolute Gasteiger partial charge is 0.407 e. The van der Waals surface area contributed by atoms with Crippen molar-refractivity contribution in [2.45, 2.75) is 57.4 Å². The number of amides is 2. The lowest BCUT2D eigenvalue weighted by molar-refractivity contribution is -0.142. The molecule has 0 heterocycles. The summed E-state index contributed by atoms with van der Waals surface area (Å²) < 4.78 is 5.70. The molecule has 3 N–H and O–H groups in total. The number of ether oxygens (including phenoxy) is 1. The summed E-state index contributed by atoms with van der Waals surface area (Å²) in [5.41, 5.74) is 3.88. The van der Waals surface area contributed by atoms with E-state index in [9.17, 15) is 19.5 Å². The van der Waals surface area contributed by atoms with Crippen LogP contribution in [-0.4, -0.2) is 41.8 Å². The Morgan fingerprint density at radius 3 is 2.20 bits per heavy atom. The summed E-state index contributed by atoms with van der Waals surface area (Å²) in [5.74, 6) is -1.62. The Hall–Kier alpha value is -3.35. The molecule has 2 aliphatic rings. The van der Waals surface area contributed by atoms with Crippen molar-refractivity contribution >= 4 is 18.0 Å². The Bertz CT molecular complexity index is 1050. The van der Waals surface area contributed by atoms with Crippen LogP contribution in [0.2, 0.25) is 0 Å². The van der Waals surface area contributed by atoms with Gasteiger partial charge in [0.1, 0.15) is 6.61 Å². The maximum Gasteiger partial charge on any atom is 0.407 e. The van der Waals surface area contributed by atoms with Crippen molar-refractivity contribution in [3.05, 3.63) is 59.7 Å². The molecule has 35 heavy (non-hydrogen) atoms. The topological polar surface area (TPSA) is 105 Å². The summed E-state index contributed by atoms with van der Waals surface area (Å²) in [6, 6.07) is 16.3. The van der Waals surface area contributed by atoms with Crippen LogP contribution in [0.1, 0.15) is 63.0 Å². The van der Waals surface area contributed by atoms with Crippen LogP contribution in [0, 0.1) is 11.8 Å². The summed E-state index contributed by atoms with van der Waals surface area (Å²) in [6.07, 6.45) is 2.65. The second-order valence-electron chi connectivity index (χ2n) is 9.95. The normalized spacial score (nSPS) is 17.0. The molecule has 2 aromatic carbocycles. The number of alkyl carbamates (subject to hydrolysis) is 1. The van der Waals surface area contributed by atoms with Gasteiger partial charge in [-0.3, -0.25) is 9.59 Å². The minimum absolute atomic E-state index is 0.0323. The van der Waals surface area contributed by atoms with Gasteiger partial charge in [0.05, 0.1) is 11.5 Å². The van der Waals surface area contributed by atoms with Crippen LogP contribution in [-0.2, 0) is 14.3 Å². The van der Waals surface area contributed by atoms with Crippen LogP contribution in [0.15, 0.2) is 48.5 Å². The van der Waals surface area contributed by atoms with E-state index in [-0.39, 0.29) is 37.3 Å². The van der Waals surface area contributed by atoms with E-state index < -0.39 is 23.5 Å². The minimum Gasteiger partial charge on any atom is -0.481 e. The summed E-state index contributed by atoms with van der Waals surface area (Å²) in [7, 11) is 0. The molecule has 0 spiro atoms. The van der Waals surface area contributed by atoms with Gasteiger partial charge in [0.2, 0.25) is 5.91 Å². The number of hydrogen-bond acceptors (Lipinski definition) is 4. The van der Waals surface area contributed by atoms with Crippen molar-refractivity contribution in [1.82, 2.24) is 10.6 Å². The van der Waals surface area contributed by atoms with E-state index in [1.807, 2.05) is 38.1 Å². The summed E-state index contributed by atoms with van der Waals surface area (Å²) in [6.45, 7) is 4.09. The molecule has 2 atom stereocenters. The molecule has 2 aromatic rings. The average Bonchev–Trinajstić information content (AvgIpc) is 3.64. The molecular formula is C28H34N2O5. The molecule has 0 bridgehead atoms. The largest absolute Gasteiger partial charge is 0.481 e. The third-order valence-electron chi connectivity index (χ3n) is 7.27. The fourth-order valence-corrected chi connectivity index (χ4v) is 5.17. The van der Waals surface area contributed by atoms with Crippen LogP contribution in [0.25, 0.3) is 11.1 Å². The maximum atomic E-state index is 12.9. The van der Waals surface area contributed by atoms with E-state index in [4.69, 9.17) is 4.74 Å². The van der Waals surface area contributed by atoms with E-state index in [1.165, 1.54) is 11.1 Å². The highest BCUT2D eigenvalue weighted by Gasteiger charge is 2.44. The van der Waals surface area contributed by atoms with Crippen LogP contribution < -0.4 is 10.6 Å². The van der Waals surface area contributed by atoms with Gasteiger partial charge in [-0.1, -0.05) is 61.9 Å². The van der Waals surface area contributed by atoms with Crippen LogP contribution in [0.3, 0.4) is 0 Å².